The zero-order chi connectivity index (χ0) is 85.9. The number of halogens is 1. The van der Waals surface area contributed by atoms with Crippen LogP contribution in [0.2, 0.25) is 0 Å². The second-order valence-electron chi connectivity index (χ2n) is 29.9. The molecule has 0 saturated carbocycles. The lowest BCUT2D eigenvalue weighted by Gasteiger charge is -2.26. The van der Waals surface area contributed by atoms with Gasteiger partial charge in [0, 0.05) is 102 Å². The Morgan fingerprint density at radius 2 is 0.750 bits per heavy atom. The van der Waals surface area contributed by atoms with Crippen molar-refractivity contribution in [3.63, 3.8) is 0 Å². The van der Waals surface area contributed by atoms with E-state index in [2.05, 4.69) is 137 Å². The van der Waals surface area contributed by atoms with Crippen LogP contribution in [0.1, 0.15) is 91.6 Å². The first kappa shape index (κ1) is 86.3. The second kappa shape index (κ2) is 37.7. The predicted octanol–water partition coefficient (Wildman–Crippen LogP) is 20.4. The molecule has 0 fully saturated rings. The molecule has 6 aromatic carbocycles. The molecule has 24 nitrogen and oxygen atoms in total. The van der Waals surface area contributed by atoms with Crippen molar-refractivity contribution in [3.05, 3.63) is 274 Å². The number of nitriles is 3. The van der Waals surface area contributed by atoms with Crippen molar-refractivity contribution in [2.75, 3.05) is 15.1 Å². The van der Waals surface area contributed by atoms with Crippen LogP contribution in [0.5, 0.6) is 0 Å². The fourth-order valence-corrected chi connectivity index (χ4v) is 16.8. The summed E-state index contributed by atoms with van der Waals surface area (Å²) in [6, 6.07) is 56.8. The van der Waals surface area contributed by atoms with Crippen LogP contribution in [-0.2, 0) is 30.6 Å². The van der Waals surface area contributed by atoms with Gasteiger partial charge in [0.1, 0.15) is 26.3 Å². The van der Waals surface area contributed by atoms with Crippen LogP contribution in [0.3, 0.4) is 0 Å². The third-order valence-corrected chi connectivity index (χ3v) is 22.8. The average molecular weight is 1710 g/mol. The molecular weight excluding hydrogens is 1630 g/mol. The lowest BCUT2D eigenvalue weighted by molar-refractivity contribution is 0.0585. The number of hydrogen-bond acceptors (Lipinski definition) is 22. The van der Waals surface area contributed by atoms with E-state index in [1.165, 1.54) is 43.8 Å². The van der Waals surface area contributed by atoms with Crippen LogP contribution in [0.25, 0.3) is 55.4 Å². The van der Waals surface area contributed by atoms with Gasteiger partial charge < -0.3 is 38.5 Å². The van der Waals surface area contributed by atoms with Crippen LogP contribution in [0, 0.1) is 75.5 Å². The van der Waals surface area contributed by atoms with Gasteiger partial charge in [-0.25, -0.2) is 49.3 Å². The Morgan fingerprint density at radius 1 is 0.433 bits per heavy atom. The lowest BCUT2D eigenvalue weighted by atomic mass is 9.81. The predicted molar refractivity (Wildman–Crippen MR) is 477 cm³/mol. The molecule has 29 heteroatoms. The van der Waals surface area contributed by atoms with E-state index in [1.807, 2.05) is 157 Å². The van der Waals surface area contributed by atoms with E-state index in [4.69, 9.17) is 54.7 Å². The van der Waals surface area contributed by atoms with Crippen LogP contribution in [0.4, 0.5) is 44.5 Å². The molecule has 0 radical (unpaired) electrons. The first-order valence-electron chi connectivity index (χ1n) is 37.8. The highest BCUT2D eigenvalue weighted by molar-refractivity contribution is 9.10. The molecule has 9 heterocycles. The molecule has 0 spiro atoms. The van der Waals surface area contributed by atoms with Crippen molar-refractivity contribution >= 4 is 144 Å². The van der Waals surface area contributed by atoms with Crippen molar-refractivity contribution in [2.24, 2.45) is 21.1 Å². The molecule has 15 rings (SSSR count). The fraction of sp³-hybridized carbons (Fsp3) is 0.187. The number of amides is 2. The quantitative estimate of drug-likeness (QED) is 0.0634. The molecule has 15 aromatic rings. The van der Waals surface area contributed by atoms with E-state index in [-0.39, 0.29) is 11.9 Å². The largest absolute Gasteiger partial charge is 0.488 e. The number of anilines is 6. The number of pyridine rings is 3. The summed E-state index contributed by atoms with van der Waals surface area (Å²) in [5, 5.41) is 50.2. The van der Waals surface area contributed by atoms with Crippen molar-refractivity contribution in [2.45, 2.75) is 124 Å². The number of nitrogens with one attached hydrogen (secondary N) is 1. The summed E-state index contributed by atoms with van der Waals surface area (Å²) in [4.78, 5) is 73.9. The Balaban J connectivity index is 0.000000157. The fourth-order valence-electron chi connectivity index (χ4n) is 12.8. The van der Waals surface area contributed by atoms with E-state index in [0.29, 0.717) is 55.5 Å². The molecule has 120 heavy (non-hydrogen) atoms. The van der Waals surface area contributed by atoms with Crippen molar-refractivity contribution in [3.8, 4) is 40.5 Å². The number of rotatable bonds is 15. The summed E-state index contributed by atoms with van der Waals surface area (Å²) in [5.74, 6) is 0.908. The maximum absolute atomic E-state index is 13.5. The molecule has 0 atom stereocenters. The minimum Gasteiger partial charge on any atom is -0.443 e. The molecule has 0 saturated heterocycles. The van der Waals surface area contributed by atoms with Gasteiger partial charge in [-0.05, 0) is 284 Å². The van der Waals surface area contributed by atoms with E-state index < -0.39 is 30.5 Å². The number of aromatic nitrogens is 12. The molecule has 0 unspecified atom stereocenters. The Labute approximate surface area is 717 Å². The highest BCUT2D eigenvalue weighted by atomic mass is 79.9. The van der Waals surface area contributed by atoms with Crippen molar-refractivity contribution < 1.29 is 29.1 Å². The molecule has 602 valence electrons. The van der Waals surface area contributed by atoms with E-state index in [0.717, 1.165) is 91.0 Å². The lowest BCUT2D eigenvalue weighted by Crippen LogP contribution is -2.35. The monoisotopic (exact) mass is 1710 g/mol. The van der Waals surface area contributed by atoms with Crippen molar-refractivity contribution in [1.82, 2.24) is 58.6 Å². The van der Waals surface area contributed by atoms with Gasteiger partial charge in [-0.3, -0.25) is 15.0 Å². The summed E-state index contributed by atoms with van der Waals surface area (Å²) in [5.41, 5.74) is 18.8. The average Bonchev–Trinajstić information content (AvgIpc) is 1.55. The summed E-state index contributed by atoms with van der Waals surface area (Å²) in [6.45, 7) is 23.4. The highest BCUT2D eigenvalue weighted by Crippen LogP contribution is 2.44. The van der Waals surface area contributed by atoms with Gasteiger partial charge in [-0.1, -0.05) is 75.5 Å². The highest BCUT2D eigenvalue weighted by Gasteiger charge is 2.32. The third-order valence-electron chi connectivity index (χ3n) is 18.3. The summed E-state index contributed by atoms with van der Waals surface area (Å²) in [6.07, 6.45) is 14.9. The number of carbonyl (C=O) groups excluding carboxylic acids is 2. The molecule has 0 aliphatic heterocycles. The summed E-state index contributed by atoms with van der Waals surface area (Å²) >= 11 is 8.31. The number of hydrogen-bond donors (Lipinski definition) is 3. The van der Waals surface area contributed by atoms with Crippen LogP contribution >= 0.6 is 51.2 Å². The van der Waals surface area contributed by atoms with Crippen LogP contribution in [0.15, 0.2) is 254 Å². The molecule has 2 amide bonds. The summed E-state index contributed by atoms with van der Waals surface area (Å²) < 4.78 is 18.5. The molecule has 0 bridgehead atoms. The maximum Gasteiger partial charge on any atom is 0.488 e. The smallest absolute Gasteiger partial charge is 0.443 e. The summed E-state index contributed by atoms with van der Waals surface area (Å²) in [7, 11) is 4.53. The maximum atomic E-state index is 13.5. The number of fused-ring (bicyclic) bond motifs is 3. The number of carbonyl (C=O) groups is 2. The zero-order valence-corrected chi connectivity index (χ0v) is 72.6. The number of nitrogens with zero attached hydrogens (tertiary/aromatic N) is 17. The molecule has 9 aromatic heterocycles. The minimum absolute atomic E-state index is 0.189. The van der Waals surface area contributed by atoms with E-state index >= 15 is 0 Å². The van der Waals surface area contributed by atoms with Gasteiger partial charge in [0.15, 0.2) is 0 Å². The second-order valence-corrected chi connectivity index (χ2v) is 33.8. The Hall–Kier alpha value is -13.0. The zero-order valence-electron chi connectivity index (χ0n) is 68.6. The minimum atomic E-state index is -1.38. The number of ether oxygens (including phenoxy) is 2. The number of aryl methyl sites for hydroxylation is 9. The Morgan fingerprint density at radius 3 is 1.07 bits per heavy atom. The molecule has 0 aliphatic carbocycles. The molecular formula is C91H84BBrN18O6S3. The van der Waals surface area contributed by atoms with Gasteiger partial charge in [-0.2, -0.15) is 15.8 Å². The standard InChI is InChI=1S/C32H30N6O2S.C27H26BrN5O2S.C27H22N6S.C5H6BNO2/c1-20-17-24(23-11-14-34-15-12-23)18-21(2)28(20)41-29-27-26(13-16-37(27)6)35-30(36-29)38(31(39)40-32(3,4)5)25-9-7-22(19-33)8-10-25;1-16-13-19(28)14-17(2)23(16)36-24-22-21(11-12-32(22)6)30-25(31-24)33(26(34)35-27(3,4)5)20-9-7-18(15-29)8-10-20;1-17-14-21(20-8-11-29-12-9-20)15-18(2)25(17)34-26-24-23(10-13-33(24)3)31-27(32-26)30-22-6-4-19(16-28)5-7-22;8-6(9)5-1-3-7-4-2-5/h7-18H,1-6H3;7-14H,1-6H3;4-15H,1-3H3,(H,30,31,32);1-4,8-9H. The SMILES string of the molecule is Cc1cc(-c2ccncc2)cc(C)c1Sc1nc(N(C(=O)OC(C)(C)C)c2ccc(C#N)cc2)nc2ccn(C)c12.Cc1cc(-c2ccncc2)cc(C)c1Sc1nc(Nc2ccc(C#N)cc2)nc2ccn(C)c12.Cc1cc(Br)cc(C)c1Sc1nc(N(C(=O)OC(C)(C)C)c2ccc(C#N)cc2)nc2ccn(C)c12.OB(O)c1ccncc1. The van der Waals surface area contributed by atoms with Gasteiger partial charge in [0.25, 0.3) is 0 Å². The molecule has 3 N–H and O–H groups in total. The Bertz CT molecular complexity index is 6340. The van der Waals surface area contributed by atoms with Crippen LogP contribution < -0.4 is 20.6 Å². The Kier molecular flexibility index (Phi) is 27.1. The third kappa shape index (κ3) is 21.1. The molecule has 0 aliphatic rings. The van der Waals surface area contributed by atoms with E-state index in [9.17, 15) is 20.1 Å². The first-order valence-corrected chi connectivity index (χ1v) is 41.0. The topological polar surface area (TPSA) is 314 Å². The van der Waals surface area contributed by atoms with Gasteiger partial charge >= 0.3 is 19.3 Å². The first-order chi connectivity index (χ1) is 57.3. The van der Waals surface area contributed by atoms with Crippen molar-refractivity contribution in [1.29, 1.82) is 15.8 Å². The van der Waals surface area contributed by atoms with Gasteiger partial charge in [0.05, 0.1) is 79.4 Å². The van der Waals surface area contributed by atoms with Gasteiger partial charge in [0.2, 0.25) is 17.8 Å². The van der Waals surface area contributed by atoms with Crippen LogP contribution in [-0.4, -0.2) is 99.1 Å². The van der Waals surface area contributed by atoms with Gasteiger partial charge in [-0.15, -0.1) is 0 Å². The van der Waals surface area contributed by atoms with E-state index in [1.54, 1.807) is 120 Å². The number of benzene rings is 6. The normalized spacial score (nSPS) is 11.1.